The number of rotatable bonds is 3. The van der Waals surface area contributed by atoms with Crippen LogP contribution in [0.5, 0.6) is 0 Å². The van der Waals surface area contributed by atoms with E-state index < -0.39 is 17.2 Å². The Hall–Kier alpha value is -1.89. The van der Waals surface area contributed by atoms with Crippen molar-refractivity contribution < 1.29 is 17.7 Å². The van der Waals surface area contributed by atoms with Crippen molar-refractivity contribution in [1.29, 1.82) is 0 Å². The van der Waals surface area contributed by atoms with Crippen LogP contribution in [0.2, 0.25) is 0 Å². The van der Waals surface area contributed by atoms with Crippen molar-refractivity contribution in [2.24, 2.45) is 5.73 Å². The minimum absolute atomic E-state index is 0.118. The highest BCUT2D eigenvalue weighted by molar-refractivity contribution is 5.55. The maximum atomic E-state index is 12.7. The molecule has 0 aliphatic carbocycles. The molecule has 0 saturated heterocycles. The lowest BCUT2D eigenvalue weighted by Gasteiger charge is -2.15. The van der Waals surface area contributed by atoms with Gasteiger partial charge in [0.2, 0.25) is 11.7 Å². The smallest absolute Gasteiger partial charge is 0.338 e. The molecule has 1 aromatic heterocycles. The van der Waals surface area contributed by atoms with Crippen LogP contribution in [-0.4, -0.2) is 16.7 Å². The Morgan fingerprint density at radius 1 is 1.25 bits per heavy atom. The minimum atomic E-state index is -4.40. The molecular formula is C13H14F3N3O. The minimum Gasteiger partial charge on any atom is -0.338 e. The van der Waals surface area contributed by atoms with Gasteiger partial charge in [-0.25, -0.2) is 0 Å². The highest BCUT2D eigenvalue weighted by Crippen LogP contribution is 2.32. The first kappa shape index (κ1) is 14.5. The van der Waals surface area contributed by atoms with Crippen molar-refractivity contribution in [3.63, 3.8) is 0 Å². The second kappa shape index (κ2) is 4.90. The van der Waals surface area contributed by atoms with Crippen molar-refractivity contribution in [3.8, 4) is 11.4 Å². The Kier molecular flexibility index (Phi) is 3.56. The summed E-state index contributed by atoms with van der Waals surface area (Å²) >= 11 is 0. The molecule has 0 atom stereocenters. The molecule has 0 amide bonds. The number of hydrogen-bond acceptors (Lipinski definition) is 4. The van der Waals surface area contributed by atoms with Crippen LogP contribution in [0.15, 0.2) is 28.8 Å². The molecule has 0 unspecified atom stereocenters. The quantitative estimate of drug-likeness (QED) is 0.941. The fourth-order valence-corrected chi connectivity index (χ4v) is 1.54. The van der Waals surface area contributed by atoms with E-state index >= 15 is 0 Å². The summed E-state index contributed by atoms with van der Waals surface area (Å²) < 4.78 is 43.0. The van der Waals surface area contributed by atoms with E-state index in [0.717, 1.165) is 12.1 Å². The number of nitrogens with two attached hydrogens (primary N) is 1. The zero-order chi connectivity index (χ0) is 15.0. The van der Waals surface area contributed by atoms with Crippen molar-refractivity contribution in [1.82, 2.24) is 10.1 Å². The molecule has 2 N–H and O–H groups in total. The molecule has 108 valence electrons. The largest absolute Gasteiger partial charge is 0.416 e. The molecule has 0 spiro atoms. The molecule has 7 heteroatoms. The molecule has 1 aromatic carbocycles. The van der Waals surface area contributed by atoms with E-state index in [9.17, 15) is 13.2 Å². The Bertz CT molecular complexity index is 605. The van der Waals surface area contributed by atoms with Gasteiger partial charge in [0.25, 0.3) is 0 Å². The summed E-state index contributed by atoms with van der Waals surface area (Å²) in [4.78, 5) is 4.12. The first-order valence-electron chi connectivity index (χ1n) is 5.96. The second-order valence-corrected chi connectivity index (χ2v) is 5.09. The molecule has 0 radical (unpaired) electrons. The van der Waals surface area contributed by atoms with Gasteiger partial charge in [-0.15, -0.1) is 0 Å². The highest BCUT2D eigenvalue weighted by Gasteiger charge is 2.31. The lowest BCUT2D eigenvalue weighted by atomic mass is 9.94. The van der Waals surface area contributed by atoms with Crippen LogP contribution in [0.25, 0.3) is 11.4 Å². The van der Waals surface area contributed by atoms with Crippen molar-refractivity contribution in [2.45, 2.75) is 25.4 Å². The van der Waals surface area contributed by atoms with Gasteiger partial charge < -0.3 is 10.3 Å². The highest BCUT2D eigenvalue weighted by atomic mass is 19.4. The molecule has 0 fully saturated rings. The van der Waals surface area contributed by atoms with Crippen LogP contribution in [-0.2, 0) is 11.6 Å². The standard InChI is InChI=1S/C13H14F3N3O/c1-12(2,7-17)11-18-10(19-20-11)8-4-3-5-9(6-8)13(14,15)16/h3-6H,7,17H2,1-2H3. The van der Waals surface area contributed by atoms with Crippen molar-refractivity contribution >= 4 is 0 Å². The molecule has 20 heavy (non-hydrogen) atoms. The molecule has 0 saturated carbocycles. The third-order valence-electron chi connectivity index (χ3n) is 2.96. The summed E-state index contributed by atoms with van der Waals surface area (Å²) in [5, 5.41) is 3.71. The number of halogens is 3. The van der Waals surface area contributed by atoms with E-state index in [-0.39, 0.29) is 17.9 Å². The molecule has 0 aliphatic heterocycles. The maximum absolute atomic E-state index is 12.7. The van der Waals surface area contributed by atoms with Gasteiger partial charge in [0, 0.05) is 12.1 Å². The summed E-state index contributed by atoms with van der Waals surface area (Å²) in [5.74, 6) is 0.417. The molecule has 4 nitrogen and oxygen atoms in total. The summed E-state index contributed by atoms with van der Waals surface area (Å²) in [5.41, 5.74) is 4.57. The van der Waals surface area contributed by atoms with Crippen LogP contribution < -0.4 is 5.73 Å². The fourth-order valence-electron chi connectivity index (χ4n) is 1.54. The average Bonchev–Trinajstić information content (AvgIpc) is 2.88. The van der Waals surface area contributed by atoms with Crippen LogP contribution in [0, 0.1) is 0 Å². The summed E-state index contributed by atoms with van der Waals surface area (Å²) in [6, 6.07) is 4.79. The maximum Gasteiger partial charge on any atom is 0.416 e. The number of benzene rings is 1. The van der Waals surface area contributed by atoms with Crippen LogP contribution in [0.4, 0.5) is 13.2 Å². The first-order valence-corrected chi connectivity index (χ1v) is 5.96. The third kappa shape index (κ3) is 2.82. The van der Waals surface area contributed by atoms with E-state index in [0.29, 0.717) is 5.89 Å². The fraction of sp³-hybridized carbons (Fsp3) is 0.385. The lowest BCUT2D eigenvalue weighted by molar-refractivity contribution is -0.137. The monoisotopic (exact) mass is 285 g/mol. The number of hydrogen-bond donors (Lipinski definition) is 1. The lowest BCUT2D eigenvalue weighted by Crippen LogP contribution is -2.28. The van der Waals surface area contributed by atoms with Crippen LogP contribution in [0.3, 0.4) is 0 Å². The predicted molar refractivity (Wildman–Crippen MR) is 66.8 cm³/mol. The number of aromatic nitrogens is 2. The Morgan fingerprint density at radius 2 is 1.95 bits per heavy atom. The zero-order valence-corrected chi connectivity index (χ0v) is 11.0. The molecule has 0 aliphatic rings. The van der Waals surface area contributed by atoms with E-state index in [2.05, 4.69) is 10.1 Å². The van der Waals surface area contributed by atoms with E-state index in [4.69, 9.17) is 10.3 Å². The summed E-state index contributed by atoms with van der Waals surface area (Å²) in [6.45, 7) is 3.92. The van der Waals surface area contributed by atoms with Crippen LogP contribution in [0.1, 0.15) is 25.3 Å². The molecular weight excluding hydrogens is 271 g/mol. The molecule has 2 aromatic rings. The van der Waals surface area contributed by atoms with Gasteiger partial charge in [-0.05, 0) is 26.0 Å². The Morgan fingerprint density at radius 3 is 2.55 bits per heavy atom. The van der Waals surface area contributed by atoms with Crippen molar-refractivity contribution in [2.75, 3.05) is 6.54 Å². The summed E-state index contributed by atoms with van der Waals surface area (Å²) in [7, 11) is 0. The first-order chi connectivity index (χ1) is 9.24. The van der Waals surface area contributed by atoms with Crippen molar-refractivity contribution in [3.05, 3.63) is 35.7 Å². The Balaban J connectivity index is 2.38. The van der Waals surface area contributed by atoms with Gasteiger partial charge in [-0.2, -0.15) is 18.2 Å². The van der Waals surface area contributed by atoms with Gasteiger partial charge in [0.05, 0.1) is 11.0 Å². The van der Waals surface area contributed by atoms with E-state index in [1.54, 1.807) is 0 Å². The van der Waals surface area contributed by atoms with Crippen LogP contribution >= 0.6 is 0 Å². The van der Waals surface area contributed by atoms with Gasteiger partial charge >= 0.3 is 6.18 Å². The number of alkyl halides is 3. The number of nitrogens with zero attached hydrogens (tertiary/aromatic N) is 2. The zero-order valence-electron chi connectivity index (χ0n) is 11.0. The van der Waals surface area contributed by atoms with Gasteiger partial charge in [0.1, 0.15) is 0 Å². The van der Waals surface area contributed by atoms with E-state index in [1.807, 2.05) is 13.8 Å². The second-order valence-electron chi connectivity index (χ2n) is 5.09. The van der Waals surface area contributed by atoms with Gasteiger partial charge in [0.15, 0.2) is 0 Å². The molecule has 0 bridgehead atoms. The molecule has 2 rings (SSSR count). The van der Waals surface area contributed by atoms with Gasteiger partial charge in [-0.1, -0.05) is 17.3 Å². The summed E-state index contributed by atoms with van der Waals surface area (Å²) in [6.07, 6.45) is -4.40. The topological polar surface area (TPSA) is 64.9 Å². The normalized spacial score (nSPS) is 12.7. The third-order valence-corrected chi connectivity index (χ3v) is 2.96. The SMILES string of the molecule is CC(C)(CN)c1nc(-c2cccc(C(F)(F)F)c2)no1. The van der Waals surface area contributed by atoms with E-state index in [1.165, 1.54) is 12.1 Å². The predicted octanol–water partition coefficient (Wildman–Crippen LogP) is 2.99. The Labute approximate surface area is 113 Å². The van der Waals surface area contributed by atoms with Gasteiger partial charge in [-0.3, -0.25) is 0 Å². The average molecular weight is 285 g/mol. The molecule has 1 heterocycles.